The molecule has 0 heterocycles. The molecule has 2 rings (SSSR count). The smallest absolute Gasteiger partial charge is 0.192 e. The van der Waals surface area contributed by atoms with Gasteiger partial charge in [0.2, 0.25) is 0 Å². The van der Waals surface area contributed by atoms with Crippen molar-refractivity contribution in [1.82, 2.24) is 0 Å². The van der Waals surface area contributed by atoms with Crippen LogP contribution in [0.5, 0.6) is 0 Å². The summed E-state index contributed by atoms with van der Waals surface area (Å²) in [5, 5.41) is -13.4. The zero-order chi connectivity index (χ0) is 34.6. The van der Waals surface area contributed by atoms with E-state index in [2.05, 4.69) is 0 Å². The lowest BCUT2D eigenvalue weighted by Gasteiger charge is -2.45. The minimum absolute atomic E-state index is 0.433. The first-order valence-corrected chi connectivity index (χ1v) is 12.3. The van der Waals surface area contributed by atoms with Crippen LogP contribution in [0.1, 0.15) is 0 Å². The van der Waals surface area contributed by atoms with Gasteiger partial charge in [0.05, 0.1) is 0 Å². The highest BCUT2D eigenvalue weighted by Gasteiger charge is 2.97. The van der Waals surface area contributed by atoms with Crippen LogP contribution in [0.2, 0.25) is 0 Å². The maximum Gasteiger partial charge on any atom is 0.388 e. The fourth-order valence-electron chi connectivity index (χ4n) is 2.95. The molecule has 0 nitrogen and oxygen atoms in total. The average Bonchev–Trinajstić information content (AvgIpc) is 2.88. The summed E-state index contributed by atoms with van der Waals surface area (Å²) in [6, 6.07) is 6.78. The van der Waals surface area contributed by atoms with Crippen molar-refractivity contribution in [3.63, 3.8) is 0 Å². The largest absolute Gasteiger partial charge is 0.388 e. The highest BCUT2D eigenvalue weighted by molar-refractivity contribution is 8.00. The van der Waals surface area contributed by atoms with Crippen molar-refractivity contribution in [3.8, 4) is 0 Å². The first-order chi connectivity index (χ1) is 19.4. The van der Waals surface area contributed by atoms with Gasteiger partial charge in [-0.05, 0) is 47.8 Å². The molecule has 0 aliphatic carbocycles. The van der Waals surface area contributed by atoms with E-state index in [1.165, 1.54) is 0 Å². The Kier molecular flexibility index (Phi) is 9.67. The summed E-state index contributed by atoms with van der Waals surface area (Å²) in [7, 11) is 0. The lowest BCUT2D eigenvalue weighted by atomic mass is 9.87. The summed E-state index contributed by atoms with van der Waals surface area (Å²) in [6.45, 7) is 0. The van der Waals surface area contributed by atoms with Crippen LogP contribution in [0.4, 0.5) is 87.8 Å². The van der Waals surface area contributed by atoms with Crippen LogP contribution >= 0.6 is 23.5 Å². The molecule has 2 aromatic carbocycles. The summed E-state index contributed by atoms with van der Waals surface area (Å²) in [6.07, 6.45) is 0. The highest BCUT2D eigenvalue weighted by atomic mass is 32.2. The van der Waals surface area contributed by atoms with Crippen molar-refractivity contribution in [2.75, 3.05) is 0 Å². The van der Waals surface area contributed by atoms with Gasteiger partial charge in [-0.3, -0.25) is 0 Å². The van der Waals surface area contributed by atoms with E-state index in [4.69, 9.17) is 0 Å². The topological polar surface area (TPSA) is 0 Å². The second kappa shape index (κ2) is 11.2. The zero-order valence-electron chi connectivity index (χ0n) is 20.1. The minimum Gasteiger partial charge on any atom is -0.192 e. The summed E-state index contributed by atoms with van der Waals surface area (Å²) in [5.41, 5.74) is 0. The number of hydrogen-bond acceptors (Lipinski definition) is 2. The molecule has 250 valence electrons. The van der Waals surface area contributed by atoms with E-state index in [1.807, 2.05) is 0 Å². The fourth-order valence-corrected chi connectivity index (χ4v) is 4.64. The van der Waals surface area contributed by atoms with Gasteiger partial charge in [-0.15, -0.1) is 0 Å². The van der Waals surface area contributed by atoms with Crippen molar-refractivity contribution < 1.29 is 87.8 Å². The van der Waals surface area contributed by atoms with E-state index in [9.17, 15) is 87.8 Å². The molecule has 0 fully saturated rings. The molecule has 0 saturated heterocycles. The van der Waals surface area contributed by atoms with Gasteiger partial charge in [0.25, 0.3) is 0 Å². The molecule has 0 aliphatic rings. The Morgan fingerprint density at radius 3 is 0.659 bits per heavy atom. The third kappa shape index (κ3) is 5.44. The molecule has 2 aromatic rings. The molecule has 0 aliphatic heterocycles. The van der Waals surface area contributed by atoms with E-state index in [1.54, 1.807) is 0 Å². The van der Waals surface area contributed by atoms with Gasteiger partial charge < -0.3 is 0 Å². The molecule has 22 heteroatoms. The summed E-state index contributed by atoms with van der Waals surface area (Å²) in [4.78, 5) is -2.34. The first-order valence-electron chi connectivity index (χ1n) is 10.7. The van der Waals surface area contributed by atoms with Crippen LogP contribution in [0.3, 0.4) is 0 Å². The number of halogens is 20. The van der Waals surface area contributed by atoms with Gasteiger partial charge in [0.15, 0.2) is 0 Å². The SMILES string of the molecule is FC(F)(Sc1ccccc1)C(F)(F)C(F)(F)C(F)(F)C(F)(F)C(F)(F)C(F)(F)C(F)(F)C(F)(F)C(F)(F)Sc1ccccc1. The van der Waals surface area contributed by atoms with E-state index in [-0.39, 0.29) is 0 Å². The molecule has 0 spiro atoms. The Bertz CT molecular complexity index is 1180. The standard InChI is InChI=1S/C22H10F20S2/c23-13(24,15(27,28)17(31,32)19(35,36)21(39,40)43-11-7-3-1-4-8-11)14(25,26)16(29,30)18(33,34)20(37,38)22(41,42)44-12-9-5-2-6-10-12/h1-10H. The van der Waals surface area contributed by atoms with Crippen LogP contribution in [-0.4, -0.2) is 57.9 Å². The van der Waals surface area contributed by atoms with Gasteiger partial charge in [0.1, 0.15) is 0 Å². The monoisotopic (exact) mass is 718 g/mol. The molecule has 0 radical (unpaired) electrons. The molecule has 0 N–H and O–H groups in total. The molecule has 0 amide bonds. The van der Waals surface area contributed by atoms with Crippen molar-refractivity contribution in [2.24, 2.45) is 0 Å². The van der Waals surface area contributed by atoms with Crippen molar-refractivity contribution in [1.29, 1.82) is 0 Å². The van der Waals surface area contributed by atoms with E-state index in [0.717, 1.165) is 36.4 Å². The third-order valence-electron chi connectivity index (χ3n) is 5.47. The van der Waals surface area contributed by atoms with Crippen LogP contribution < -0.4 is 0 Å². The molecular formula is C22H10F20S2. The van der Waals surface area contributed by atoms with Crippen LogP contribution in [0, 0.1) is 0 Å². The molecule has 0 unspecified atom stereocenters. The first kappa shape index (κ1) is 37.9. The van der Waals surface area contributed by atoms with Gasteiger partial charge in [-0.2, -0.15) is 87.8 Å². The molecule has 44 heavy (non-hydrogen) atoms. The summed E-state index contributed by atoms with van der Waals surface area (Å²) in [5.74, 6) is -68.8. The fraction of sp³-hybridized carbons (Fsp3) is 0.455. The van der Waals surface area contributed by atoms with Crippen LogP contribution in [-0.2, 0) is 0 Å². The van der Waals surface area contributed by atoms with E-state index < -0.39 is 91.2 Å². The quantitative estimate of drug-likeness (QED) is 0.149. The minimum atomic E-state index is -9.05. The normalized spacial score (nSPS) is 15.5. The maximum absolute atomic E-state index is 14.1. The number of alkyl halides is 20. The highest BCUT2D eigenvalue weighted by Crippen LogP contribution is 2.67. The second-order valence-corrected chi connectivity index (χ2v) is 10.8. The van der Waals surface area contributed by atoms with Crippen molar-refractivity contribution in [2.45, 2.75) is 67.7 Å². The van der Waals surface area contributed by atoms with E-state index >= 15 is 0 Å². The summed E-state index contributed by atoms with van der Waals surface area (Å²) >= 11 is -3.50. The average molecular weight is 718 g/mol. The van der Waals surface area contributed by atoms with Gasteiger partial charge in [-0.1, -0.05) is 36.4 Å². The summed E-state index contributed by atoms with van der Waals surface area (Å²) < 4.78 is 281. The second-order valence-electron chi connectivity index (χ2n) is 8.46. The Balaban J connectivity index is 2.61. The Morgan fingerprint density at radius 1 is 0.273 bits per heavy atom. The number of rotatable bonds is 13. The van der Waals surface area contributed by atoms with Gasteiger partial charge in [-0.25, -0.2) is 0 Å². The van der Waals surface area contributed by atoms with E-state index in [0.29, 0.717) is 24.3 Å². The lowest BCUT2D eigenvalue weighted by molar-refractivity contribution is -0.463. The van der Waals surface area contributed by atoms with Gasteiger partial charge in [0, 0.05) is 9.79 Å². The third-order valence-corrected chi connectivity index (χ3v) is 7.51. The van der Waals surface area contributed by atoms with Crippen molar-refractivity contribution >= 4 is 23.5 Å². The van der Waals surface area contributed by atoms with Crippen molar-refractivity contribution in [3.05, 3.63) is 60.7 Å². The lowest BCUT2D eigenvalue weighted by Crippen LogP contribution is -2.76. The molecular weight excluding hydrogens is 708 g/mol. The Labute approximate surface area is 240 Å². The predicted molar refractivity (Wildman–Crippen MR) is 114 cm³/mol. The van der Waals surface area contributed by atoms with Crippen LogP contribution in [0.25, 0.3) is 0 Å². The Morgan fingerprint density at radius 2 is 0.455 bits per heavy atom. The Hall–Kier alpha value is -2.26. The molecule has 0 saturated carbocycles. The predicted octanol–water partition coefficient (Wildman–Crippen LogP) is 10.8. The van der Waals surface area contributed by atoms with Gasteiger partial charge >= 0.3 is 57.9 Å². The maximum atomic E-state index is 14.1. The van der Waals surface area contributed by atoms with Crippen LogP contribution in [0.15, 0.2) is 70.5 Å². The number of hydrogen-bond donors (Lipinski definition) is 0. The number of thioether (sulfide) groups is 2. The molecule has 0 bridgehead atoms. The molecule has 0 atom stereocenters. The number of benzene rings is 2. The zero-order valence-corrected chi connectivity index (χ0v) is 21.8. The molecule has 0 aromatic heterocycles.